The van der Waals surface area contributed by atoms with Crippen molar-refractivity contribution >= 4 is 11.3 Å². The van der Waals surface area contributed by atoms with Crippen LogP contribution in [0.15, 0.2) is 24.3 Å². The average Bonchev–Trinajstić information content (AvgIpc) is 2.58. The van der Waals surface area contributed by atoms with Crippen LogP contribution < -0.4 is 5.73 Å². The summed E-state index contributed by atoms with van der Waals surface area (Å²) in [6, 6.07) is 6.63. The fourth-order valence-electron chi connectivity index (χ4n) is 1.72. The SMILES string of the molecule is Cc1sc(CC(C)N)nc1-c1cccc(F)c1. The molecule has 2 nitrogen and oxygen atoms in total. The molecule has 0 bridgehead atoms. The van der Waals surface area contributed by atoms with E-state index in [4.69, 9.17) is 5.73 Å². The Balaban J connectivity index is 2.36. The van der Waals surface area contributed by atoms with Gasteiger partial charge < -0.3 is 5.73 Å². The first kappa shape index (κ1) is 12.2. The van der Waals surface area contributed by atoms with Crippen LogP contribution in [0.5, 0.6) is 0 Å². The van der Waals surface area contributed by atoms with Gasteiger partial charge in [0.25, 0.3) is 0 Å². The van der Waals surface area contributed by atoms with Gasteiger partial charge in [0.1, 0.15) is 5.82 Å². The lowest BCUT2D eigenvalue weighted by molar-refractivity contribution is 0.628. The normalized spacial score (nSPS) is 12.7. The summed E-state index contributed by atoms with van der Waals surface area (Å²) >= 11 is 1.63. The number of thiazole rings is 1. The molecule has 0 aliphatic rings. The van der Waals surface area contributed by atoms with Gasteiger partial charge in [-0.2, -0.15) is 0 Å². The molecule has 0 saturated carbocycles. The molecule has 2 aromatic rings. The Morgan fingerprint density at radius 3 is 2.88 bits per heavy atom. The molecule has 1 aromatic heterocycles. The van der Waals surface area contributed by atoms with Gasteiger partial charge in [-0.3, -0.25) is 0 Å². The Bertz CT molecular complexity index is 520. The summed E-state index contributed by atoms with van der Waals surface area (Å²) in [5.41, 5.74) is 7.45. The molecule has 0 amide bonds. The van der Waals surface area contributed by atoms with Gasteiger partial charge in [-0.15, -0.1) is 11.3 Å². The number of aromatic nitrogens is 1. The molecule has 17 heavy (non-hydrogen) atoms. The molecule has 1 unspecified atom stereocenters. The lowest BCUT2D eigenvalue weighted by Gasteiger charge is -2.00. The molecule has 1 aromatic carbocycles. The van der Waals surface area contributed by atoms with E-state index >= 15 is 0 Å². The van der Waals surface area contributed by atoms with Gasteiger partial charge >= 0.3 is 0 Å². The number of hydrogen-bond acceptors (Lipinski definition) is 3. The second-order valence-electron chi connectivity index (χ2n) is 4.20. The summed E-state index contributed by atoms with van der Waals surface area (Å²) in [5.74, 6) is -0.233. The standard InChI is InChI=1S/C13H15FN2S/c1-8(15)6-12-16-13(9(2)17-12)10-4-3-5-11(14)7-10/h3-5,7-8H,6,15H2,1-2H3. The fourth-order valence-corrected chi connectivity index (χ4v) is 2.81. The van der Waals surface area contributed by atoms with E-state index in [9.17, 15) is 4.39 Å². The minimum Gasteiger partial charge on any atom is -0.328 e. The summed E-state index contributed by atoms with van der Waals surface area (Å²) in [6.45, 7) is 3.96. The molecular weight excluding hydrogens is 235 g/mol. The van der Waals surface area contributed by atoms with Gasteiger partial charge in [0.05, 0.1) is 10.7 Å². The van der Waals surface area contributed by atoms with Gasteiger partial charge in [-0.25, -0.2) is 9.37 Å². The molecule has 0 saturated heterocycles. The maximum atomic E-state index is 13.2. The van der Waals surface area contributed by atoms with Crippen molar-refractivity contribution in [3.63, 3.8) is 0 Å². The molecule has 4 heteroatoms. The second-order valence-corrected chi connectivity index (χ2v) is 5.49. The Kier molecular flexibility index (Phi) is 3.54. The van der Waals surface area contributed by atoms with Crippen LogP contribution in [0.2, 0.25) is 0 Å². The molecule has 1 atom stereocenters. The third kappa shape index (κ3) is 2.90. The molecule has 0 fully saturated rings. The highest BCUT2D eigenvalue weighted by molar-refractivity contribution is 7.12. The Morgan fingerprint density at radius 2 is 2.24 bits per heavy atom. The van der Waals surface area contributed by atoms with Crippen molar-refractivity contribution in [2.24, 2.45) is 5.73 Å². The van der Waals surface area contributed by atoms with Gasteiger partial charge in [0, 0.05) is 22.9 Å². The van der Waals surface area contributed by atoms with Crippen molar-refractivity contribution in [1.29, 1.82) is 0 Å². The average molecular weight is 250 g/mol. The highest BCUT2D eigenvalue weighted by atomic mass is 32.1. The first-order valence-corrected chi connectivity index (χ1v) is 6.35. The monoisotopic (exact) mass is 250 g/mol. The van der Waals surface area contributed by atoms with Crippen LogP contribution >= 0.6 is 11.3 Å². The maximum absolute atomic E-state index is 13.2. The van der Waals surface area contributed by atoms with Gasteiger partial charge in [0.2, 0.25) is 0 Å². The highest BCUT2D eigenvalue weighted by Crippen LogP contribution is 2.28. The van der Waals surface area contributed by atoms with Crippen molar-refractivity contribution in [3.8, 4) is 11.3 Å². The van der Waals surface area contributed by atoms with Crippen LogP contribution in [-0.4, -0.2) is 11.0 Å². The summed E-state index contributed by atoms with van der Waals surface area (Å²) in [7, 11) is 0. The van der Waals surface area contributed by atoms with Crippen LogP contribution in [-0.2, 0) is 6.42 Å². The quantitative estimate of drug-likeness (QED) is 0.909. The topological polar surface area (TPSA) is 38.9 Å². The van der Waals surface area contributed by atoms with E-state index in [2.05, 4.69) is 4.98 Å². The number of nitrogens with two attached hydrogens (primary N) is 1. The Morgan fingerprint density at radius 1 is 1.47 bits per heavy atom. The van der Waals surface area contributed by atoms with Crippen LogP contribution in [0.1, 0.15) is 16.8 Å². The first-order valence-electron chi connectivity index (χ1n) is 5.54. The zero-order valence-corrected chi connectivity index (χ0v) is 10.7. The summed E-state index contributed by atoms with van der Waals surface area (Å²) in [5, 5.41) is 1.01. The van der Waals surface area contributed by atoms with Crippen molar-refractivity contribution in [2.45, 2.75) is 26.3 Å². The summed E-state index contributed by atoms with van der Waals surface area (Å²) in [6.07, 6.45) is 0.765. The van der Waals surface area contributed by atoms with Crippen LogP contribution in [0.25, 0.3) is 11.3 Å². The molecule has 0 spiro atoms. The number of hydrogen-bond donors (Lipinski definition) is 1. The van der Waals surface area contributed by atoms with E-state index < -0.39 is 0 Å². The molecule has 1 heterocycles. The molecule has 0 aliphatic carbocycles. The fraction of sp³-hybridized carbons (Fsp3) is 0.308. The number of benzene rings is 1. The molecular formula is C13H15FN2S. The van der Waals surface area contributed by atoms with Gasteiger partial charge in [0.15, 0.2) is 0 Å². The van der Waals surface area contributed by atoms with E-state index in [0.29, 0.717) is 0 Å². The number of rotatable bonds is 3. The van der Waals surface area contributed by atoms with E-state index in [0.717, 1.165) is 27.6 Å². The molecule has 0 radical (unpaired) electrons. The van der Waals surface area contributed by atoms with E-state index in [1.165, 1.54) is 12.1 Å². The number of halogens is 1. The van der Waals surface area contributed by atoms with Crippen LogP contribution in [0, 0.1) is 12.7 Å². The Labute approximate surface area is 104 Å². The van der Waals surface area contributed by atoms with E-state index in [1.54, 1.807) is 17.4 Å². The Hall–Kier alpha value is -1.26. The largest absolute Gasteiger partial charge is 0.328 e. The molecule has 0 aliphatic heterocycles. The van der Waals surface area contributed by atoms with E-state index in [-0.39, 0.29) is 11.9 Å². The van der Waals surface area contributed by atoms with Gasteiger partial charge in [-0.05, 0) is 26.0 Å². The van der Waals surface area contributed by atoms with Crippen molar-refractivity contribution in [3.05, 3.63) is 40.0 Å². The zero-order chi connectivity index (χ0) is 12.4. The number of nitrogens with zero attached hydrogens (tertiary/aromatic N) is 1. The van der Waals surface area contributed by atoms with E-state index in [1.807, 2.05) is 19.9 Å². The zero-order valence-electron chi connectivity index (χ0n) is 9.90. The van der Waals surface area contributed by atoms with Crippen molar-refractivity contribution in [2.75, 3.05) is 0 Å². The maximum Gasteiger partial charge on any atom is 0.123 e. The minimum atomic E-state index is -0.233. The van der Waals surface area contributed by atoms with Crippen molar-refractivity contribution < 1.29 is 4.39 Å². The molecule has 2 rings (SSSR count). The molecule has 90 valence electrons. The third-order valence-corrected chi connectivity index (χ3v) is 3.43. The summed E-state index contributed by atoms with van der Waals surface area (Å²) in [4.78, 5) is 5.64. The first-order chi connectivity index (χ1) is 8.06. The van der Waals surface area contributed by atoms with Crippen molar-refractivity contribution in [1.82, 2.24) is 4.98 Å². The lowest BCUT2D eigenvalue weighted by atomic mass is 10.1. The van der Waals surface area contributed by atoms with Crippen LogP contribution in [0.4, 0.5) is 4.39 Å². The predicted molar refractivity (Wildman–Crippen MR) is 69.6 cm³/mol. The third-order valence-electron chi connectivity index (χ3n) is 2.44. The highest BCUT2D eigenvalue weighted by Gasteiger charge is 2.11. The number of aryl methyl sites for hydroxylation is 1. The predicted octanol–water partition coefficient (Wildman–Crippen LogP) is 3.15. The molecule has 2 N–H and O–H groups in total. The minimum absolute atomic E-state index is 0.0981. The van der Waals surface area contributed by atoms with Crippen LogP contribution in [0.3, 0.4) is 0 Å². The lowest BCUT2D eigenvalue weighted by Crippen LogP contribution is -2.17. The van der Waals surface area contributed by atoms with Gasteiger partial charge in [-0.1, -0.05) is 12.1 Å². The second kappa shape index (κ2) is 4.94. The smallest absolute Gasteiger partial charge is 0.123 e. The summed E-state index contributed by atoms with van der Waals surface area (Å²) < 4.78 is 13.2.